The lowest BCUT2D eigenvalue weighted by atomic mass is 9.86. The van der Waals surface area contributed by atoms with Gasteiger partial charge in [-0.2, -0.15) is 0 Å². The number of carbonyl (C=O) groups excluding carboxylic acids is 1. The van der Waals surface area contributed by atoms with Crippen LogP contribution in [0.2, 0.25) is 0 Å². The van der Waals surface area contributed by atoms with Crippen molar-refractivity contribution in [3.8, 4) is 11.5 Å². The molecule has 1 aromatic carbocycles. The molecule has 0 spiro atoms. The van der Waals surface area contributed by atoms with Gasteiger partial charge in [-0.3, -0.25) is 0 Å². The first kappa shape index (κ1) is 15.6. The summed E-state index contributed by atoms with van der Waals surface area (Å²) in [4.78, 5) is 11.6. The van der Waals surface area contributed by atoms with E-state index in [9.17, 15) is 4.79 Å². The number of methoxy groups -OCH3 is 2. The molecule has 5 heteroatoms. The number of hydrogen-bond acceptors (Lipinski definition) is 5. The van der Waals surface area contributed by atoms with E-state index in [-0.39, 0.29) is 12.1 Å². The molecule has 116 valence electrons. The van der Waals surface area contributed by atoms with Crippen molar-refractivity contribution in [3.05, 3.63) is 23.8 Å². The molecule has 0 radical (unpaired) electrons. The Bertz CT molecular complexity index is 489. The molecule has 0 heterocycles. The van der Waals surface area contributed by atoms with E-state index < -0.39 is 0 Å². The van der Waals surface area contributed by atoms with Crippen molar-refractivity contribution in [3.63, 3.8) is 0 Å². The van der Waals surface area contributed by atoms with Crippen LogP contribution in [0.4, 0.5) is 0 Å². The molecule has 2 rings (SSSR count). The zero-order chi connectivity index (χ0) is 15.2. The third kappa shape index (κ3) is 3.67. The van der Waals surface area contributed by atoms with Crippen LogP contribution in [0.25, 0.3) is 0 Å². The van der Waals surface area contributed by atoms with E-state index in [1.54, 1.807) is 25.3 Å². The van der Waals surface area contributed by atoms with Crippen LogP contribution in [0.1, 0.15) is 36.0 Å². The fourth-order valence-corrected chi connectivity index (χ4v) is 2.78. The van der Waals surface area contributed by atoms with Gasteiger partial charge in [-0.25, -0.2) is 4.79 Å². The van der Waals surface area contributed by atoms with E-state index in [1.165, 1.54) is 13.5 Å². The molecule has 1 aromatic rings. The lowest BCUT2D eigenvalue weighted by molar-refractivity contribution is 0.0598. The highest BCUT2D eigenvalue weighted by atomic mass is 16.5. The van der Waals surface area contributed by atoms with E-state index in [0.29, 0.717) is 29.5 Å². The molecule has 0 amide bonds. The smallest absolute Gasteiger partial charge is 0.337 e. The number of nitrogens with two attached hydrogens (primary N) is 1. The van der Waals surface area contributed by atoms with Crippen molar-refractivity contribution in [2.24, 2.45) is 11.7 Å². The van der Waals surface area contributed by atoms with Gasteiger partial charge in [0, 0.05) is 5.92 Å². The van der Waals surface area contributed by atoms with Crippen LogP contribution in [0.5, 0.6) is 11.5 Å². The second kappa shape index (κ2) is 7.31. The summed E-state index contributed by atoms with van der Waals surface area (Å²) in [7, 11) is 2.94. The Morgan fingerprint density at radius 2 is 2.00 bits per heavy atom. The van der Waals surface area contributed by atoms with E-state index in [1.807, 2.05) is 0 Å². The molecule has 1 aliphatic carbocycles. The Hall–Kier alpha value is -1.75. The summed E-state index contributed by atoms with van der Waals surface area (Å²) in [6, 6.07) is 5.06. The quantitative estimate of drug-likeness (QED) is 0.844. The normalized spacial score (nSPS) is 21.7. The van der Waals surface area contributed by atoms with E-state index in [4.69, 9.17) is 19.9 Å². The summed E-state index contributed by atoms with van der Waals surface area (Å²) in [6.07, 6.45) is 4.47. The first-order valence-corrected chi connectivity index (χ1v) is 7.32. The summed E-state index contributed by atoms with van der Waals surface area (Å²) in [5, 5.41) is 0. The lowest BCUT2D eigenvalue weighted by Gasteiger charge is -2.31. The molecule has 21 heavy (non-hydrogen) atoms. The second-order valence-electron chi connectivity index (χ2n) is 5.29. The Labute approximate surface area is 125 Å². The average molecular weight is 293 g/mol. The van der Waals surface area contributed by atoms with E-state index in [2.05, 4.69) is 0 Å². The molecular formula is C16H23NO4. The van der Waals surface area contributed by atoms with Gasteiger partial charge in [0.1, 0.15) is 6.10 Å². The monoisotopic (exact) mass is 293 g/mol. The van der Waals surface area contributed by atoms with Gasteiger partial charge >= 0.3 is 5.97 Å². The van der Waals surface area contributed by atoms with E-state index >= 15 is 0 Å². The first-order valence-electron chi connectivity index (χ1n) is 7.32. The second-order valence-corrected chi connectivity index (χ2v) is 5.29. The van der Waals surface area contributed by atoms with E-state index in [0.717, 1.165) is 19.3 Å². The molecule has 1 saturated carbocycles. The average Bonchev–Trinajstić information content (AvgIpc) is 2.54. The minimum atomic E-state index is -0.387. The van der Waals surface area contributed by atoms with Crippen LogP contribution in [0.3, 0.4) is 0 Å². The summed E-state index contributed by atoms with van der Waals surface area (Å²) in [5.74, 6) is 1.15. The van der Waals surface area contributed by atoms with Gasteiger partial charge in [-0.15, -0.1) is 0 Å². The molecule has 0 aliphatic heterocycles. The van der Waals surface area contributed by atoms with Crippen LogP contribution in [0.15, 0.2) is 18.2 Å². The molecular weight excluding hydrogens is 270 g/mol. The van der Waals surface area contributed by atoms with Crippen molar-refractivity contribution >= 4 is 5.97 Å². The summed E-state index contributed by atoms with van der Waals surface area (Å²) in [5.41, 5.74) is 6.28. The highest BCUT2D eigenvalue weighted by molar-refractivity contribution is 5.90. The van der Waals surface area contributed by atoms with Crippen LogP contribution < -0.4 is 15.2 Å². The van der Waals surface area contributed by atoms with Gasteiger partial charge < -0.3 is 19.9 Å². The maximum atomic E-state index is 11.6. The molecule has 2 unspecified atom stereocenters. The van der Waals surface area contributed by atoms with Crippen molar-refractivity contribution in [1.29, 1.82) is 0 Å². The summed E-state index contributed by atoms with van der Waals surface area (Å²) in [6.45, 7) is 0.615. The Morgan fingerprint density at radius 1 is 1.24 bits per heavy atom. The number of hydrogen-bond donors (Lipinski definition) is 1. The fourth-order valence-electron chi connectivity index (χ4n) is 2.78. The number of rotatable bonds is 5. The molecule has 5 nitrogen and oxygen atoms in total. The predicted molar refractivity (Wildman–Crippen MR) is 79.8 cm³/mol. The minimum absolute atomic E-state index is 0.0746. The van der Waals surface area contributed by atoms with Crippen LogP contribution in [-0.2, 0) is 4.74 Å². The Kier molecular flexibility index (Phi) is 5.44. The van der Waals surface area contributed by atoms with Crippen LogP contribution in [-0.4, -0.2) is 32.8 Å². The number of benzene rings is 1. The van der Waals surface area contributed by atoms with Gasteiger partial charge in [0.2, 0.25) is 0 Å². The largest absolute Gasteiger partial charge is 0.493 e. The van der Waals surface area contributed by atoms with Crippen molar-refractivity contribution < 1.29 is 19.0 Å². The number of ether oxygens (including phenoxy) is 3. The molecule has 2 atom stereocenters. The fraction of sp³-hybridized carbons (Fsp3) is 0.562. The number of carbonyl (C=O) groups is 1. The van der Waals surface area contributed by atoms with Gasteiger partial charge in [0.25, 0.3) is 0 Å². The van der Waals surface area contributed by atoms with Crippen LogP contribution in [0, 0.1) is 5.92 Å². The number of esters is 1. The minimum Gasteiger partial charge on any atom is -0.493 e. The molecule has 0 aromatic heterocycles. The SMILES string of the molecule is COC(=O)c1ccc(OC)c(OC2CCCCC2CN)c1. The highest BCUT2D eigenvalue weighted by Gasteiger charge is 2.26. The van der Waals surface area contributed by atoms with Gasteiger partial charge in [-0.05, 0) is 44.0 Å². The van der Waals surface area contributed by atoms with Crippen LogP contribution >= 0.6 is 0 Å². The zero-order valence-corrected chi connectivity index (χ0v) is 12.6. The van der Waals surface area contributed by atoms with Gasteiger partial charge in [0.05, 0.1) is 19.8 Å². The molecule has 0 saturated heterocycles. The molecule has 1 fully saturated rings. The third-order valence-corrected chi connectivity index (χ3v) is 4.01. The first-order chi connectivity index (χ1) is 10.2. The predicted octanol–water partition coefficient (Wildman–Crippen LogP) is 2.38. The summed E-state index contributed by atoms with van der Waals surface area (Å²) >= 11 is 0. The molecule has 2 N–H and O–H groups in total. The van der Waals surface area contributed by atoms with Crippen molar-refractivity contribution in [1.82, 2.24) is 0 Å². The maximum absolute atomic E-state index is 11.6. The topological polar surface area (TPSA) is 70.8 Å². The standard InChI is InChI=1S/C16H23NO4/c1-19-14-8-7-11(16(18)20-2)9-15(14)21-13-6-4-3-5-12(13)10-17/h7-9,12-13H,3-6,10,17H2,1-2H3. The maximum Gasteiger partial charge on any atom is 0.337 e. The summed E-state index contributed by atoms with van der Waals surface area (Å²) < 4.78 is 16.2. The zero-order valence-electron chi connectivity index (χ0n) is 12.6. The molecule has 1 aliphatic rings. The lowest BCUT2D eigenvalue weighted by Crippen LogP contribution is -2.35. The highest BCUT2D eigenvalue weighted by Crippen LogP contribution is 2.34. The van der Waals surface area contributed by atoms with Gasteiger partial charge in [-0.1, -0.05) is 6.42 Å². The third-order valence-electron chi connectivity index (χ3n) is 4.01. The van der Waals surface area contributed by atoms with Gasteiger partial charge in [0.15, 0.2) is 11.5 Å². The van der Waals surface area contributed by atoms with Crippen molar-refractivity contribution in [2.45, 2.75) is 31.8 Å². The Morgan fingerprint density at radius 3 is 2.67 bits per heavy atom. The Balaban J connectivity index is 2.22. The molecule has 0 bridgehead atoms. The van der Waals surface area contributed by atoms with Crippen molar-refractivity contribution in [2.75, 3.05) is 20.8 Å².